The Kier molecular flexibility index (Phi) is 5.07. The van der Waals surface area contributed by atoms with Crippen molar-refractivity contribution in [3.05, 3.63) is 54.1 Å². The van der Waals surface area contributed by atoms with Crippen molar-refractivity contribution in [2.45, 2.75) is 43.7 Å². The summed E-state index contributed by atoms with van der Waals surface area (Å²) < 4.78 is 11.8. The molecule has 32 heavy (non-hydrogen) atoms. The molecule has 6 nitrogen and oxygen atoms in total. The molecule has 6 rings (SSSR count). The SMILES string of the molecule is NC1(Cc2cccc(OCC3CCC4CN(c5noc6ccccc56)CCN4C3)c2)CC1. The molecule has 0 radical (unpaired) electrons. The molecule has 2 N–H and O–H groups in total. The van der Waals surface area contributed by atoms with Crippen molar-refractivity contribution in [3.8, 4) is 5.75 Å². The molecule has 3 aromatic rings. The molecule has 2 aliphatic heterocycles. The normalized spacial score (nSPS) is 25.0. The number of aromatic nitrogens is 1. The van der Waals surface area contributed by atoms with Gasteiger partial charge in [-0.3, -0.25) is 4.90 Å². The molecule has 3 fully saturated rings. The number of piperazine rings is 1. The molecule has 1 aromatic heterocycles. The lowest BCUT2D eigenvalue weighted by atomic mass is 9.91. The largest absolute Gasteiger partial charge is 0.493 e. The van der Waals surface area contributed by atoms with Gasteiger partial charge in [-0.15, -0.1) is 0 Å². The minimum atomic E-state index is 0.0391. The minimum absolute atomic E-state index is 0.0391. The standard InChI is InChI=1S/C26H32N4O2/c27-26(10-11-26)15-19-4-3-5-22(14-19)31-18-20-8-9-21-17-30(13-12-29(21)16-20)25-23-6-1-2-7-24(23)32-28-25/h1-7,14,20-21H,8-13,15-18,27H2. The Morgan fingerprint density at radius 2 is 1.97 bits per heavy atom. The van der Waals surface area contributed by atoms with Crippen molar-refractivity contribution in [2.75, 3.05) is 37.7 Å². The molecule has 2 aromatic carbocycles. The summed E-state index contributed by atoms with van der Waals surface area (Å²) in [4.78, 5) is 5.05. The molecule has 3 aliphatic rings. The predicted molar refractivity (Wildman–Crippen MR) is 126 cm³/mol. The summed E-state index contributed by atoms with van der Waals surface area (Å²) in [6.45, 7) is 4.98. The Balaban J connectivity index is 1.04. The van der Waals surface area contributed by atoms with Gasteiger partial charge in [-0.2, -0.15) is 0 Å². The average Bonchev–Trinajstić information content (AvgIpc) is 3.38. The topological polar surface area (TPSA) is 67.8 Å². The number of anilines is 1. The lowest BCUT2D eigenvalue weighted by Gasteiger charge is -2.46. The first-order chi connectivity index (χ1) is 15.7. The third kappa shape index (κ3) is 4.09. The third-order valence-electron chi connectivity index (χ3n) is 7.50. The second-order valence-corrected chi connectivity index (χ2v) is 10.0. The molecule has 0 bridgehead atoms. The molecule has 3 heterocycles. The number of hydrogen-bond donors (Lipinski definition) is 1. The maximum atomic E-state index is 6.29. The van der Waals surface area contributed by atoms with Gasteiger partial charge in [0.25, 0.3) is 0 Å². The van der Waals surface area contributed by atoms with Crippen LogP contribution in [0.4, 0.5) is 5.82 Å². The molecule has 168 valence electrons. The zero-order chi connectivity index (χ0) is 21.5. The zero-order valence-corrected chi connectivity index (χ0v) is 18.6. The van der Waals surface area contributed by atoms with Crippen LogP contribution in [0.3, 0.4) is 0 Å². The van der Waals surface area contributed by atoms with Crippen molar-refractivity contribution in [3.63, 3.8) is 0 Å². The smallest absolute Gasteiger partial charge is 0.180 e. The monoisotopic (exact) mass is 432 g/mol. The average molecular weight is 433 g/mol. The van der Waals surface area contributed by atoms with E-state index in [1.165, 1.54) is 18.4 Å². The number of ether oxygens (including phenoxy) is 1. The number of piperidine rings is 1. The van der Waals surface area contributed by atoms with Gasteiger partial charge in [0, 0.05) is 43.7 Å². The van der Waals surface area contributed by atoms with E-state index < -0.39 is 0 Å². The van der Waals surface area contributed by atoms with Gasteiger partial charge in [-0.1, -0.05) is 29.4 Å². The van der Waals surface area contributed by atoms with Crippen LogP contribution in [0.15, 0.2) is 53.1 Å². The Labute approximate surface area is 189 Å². The van der Waals surface area contributed by atoms with Crippen LogP contribution in [0.5, 0.6) is 5.75 Å². The lowest BCUT2D eigenvalue weighted by Crippen LogP contribution is -2.57. The summed E-state index contributed by atoms with van der Waals surface area (Å²) in [6.07, 6.45) is 5.65. The van der Waals surface area contributed by atoms with Crippen LogP contribution < -0.4 is 15.4 Å². The van der Waals surface area contributed by atoms with E-state index in [9.17, 15) is 0 Å². The van der Waals surface area contributed by atoms with Crippen LogP contribution in [-0.4, -0.2) is 54.4 Å². The summed E-state index contributed by atoms with van der Waals surface area (Å²) in [5, 5.41) is 5.49. The van der Waals surface area contributed by atoms with Gasteiger partial charge < -0.3 is 19.9 Å². The number of fused-ring (bicyclic) bond motifs is 2. The summed E-state index contributed by atoms with van der Waals surface area (Å²) in [7, 11) is 0. The number of para-hydroxylation sites is 1. The third-order valence-corrected chi connectivity index (χ3v) is 7.50. The van der Waals surface area contributed by atoms with Gasteiger partial charge in [0.15, 0.2) is 11.4 Å². The van der Waals surface area contributed by atoms with Crippen LogP contribution in [-0.2, 0) is 6.42 Å². The van der Waals surface area contributed by atoms with E-state index in [0.29, 0.717) is 12.0 Å². The summed E-state index contributed by atoms with van der Waals surface area (Å²) in [6, 6.07) is 17.3. The fourth-order valence-electron chi connectivity index (χ4n) is 5.39. The van der Waals surface area contributed by atoms with Crippen LogP contribution in [0.25, 0.3) is 11.0 Å². The van der Waals surface area contributed by atoms with Gasteiger partial charge in [0.2, 0.25) is 0 Å². The predicted octanol–water partition coefficient (Wildman–Crippen LogP) is 3.84. The fraction of sp³-hybridized carbons (Fsp3) is 0.500. The van der Waals surface area contributed by atoms with Gasteiger partial charge in [0.1, 0.15) is 5.75 Å². The molecule has 0 spiro atoms. The Bertz CT molecular complexity index is 1090. The van der Waals surface area contributed by atoms with Crippen LogP contribution in [0.1, 0.15) is 31.2 Å². The molecule has 1 aliphatic carbocycles. The minimum Gasteiger partial charge on any atom is -0.493 e. The highest BCUT2D eigenvalue weighted by molar-refractivity contribution is 5.88. The van der Waals surface area contributed by atoms with Gasteiger partial charge in [-0.25, -0.2) is 0 Å². The first-order valence-corrected chi connectivity index (χ1v) is 12.0. The van der Waals surface area contributed by atoms with E-state index in [2.05, 4.69) is 51.4 Å². The molecule has 0 amide bonds. The van der Waals surface area contributed by atoms with E-state index in [0.717, 1.165) is 74.6 Å². The van der Waals surface area contributed by atoms with Crippen molar-refractivity contribution >= 4 is 16.8 Å². The van der Waals surface area contributed by atoms with Gasteiger partial charge >= 0.3 is 0 Å². The Morgan fingerprint density at radius 1 is 1.06 bits per heavy atom. The van der Waals surface area contributed by atoms with Crippen LogP contribution in [0.2, 0.25) is 0 Å². The first kappa shape index (κ1) is 20.1. The number of benzene rings is 2. The van der Waals surface area contributed by atoms with Crippen molar-refractivity contribution in [2.24, 2.45) is 11.7 Å². The van der Waals surface area contributed by atoms with E-state index in [1.807, 2.05) is 12.1 Å². The van der Waals surface area contributed by atoms with E-state index in [1.54, 1.807) is 0 Å². The van der Waals surface area contributed by atoms with Crippen LogP contribution >= 0.6 is 0 Å². The van der Waals surface area contributed by atoms with E-state index in [-0.39, 0.29) is 5.54 Å². The highest BCUT2D eigenvalue weighted by atomic mass is 16.5. The highest BCUT2D eigenvalue weighted by Gasteiger charge is 2.38. The Hall–Kier alpha value is -2.57. The lowest BCUT2D eigenvalue weighted by molar-refractivity contribution is 0.0726. The maximum absolute atomic E-state index is 6.29. The first-order valence-electron chi connectivity index (χ1n) is 12.0. The fourth-order valence-corrected chi connectivity index (χ4v) is 5.39. The van der Waals surface area contributed by atoms with Gasteiger partial charge in [0.05, 0.1) is 12.0 Å². The molecular weight excluding hydrogens is 400 g/mol. The second-order valence-electron chi connectivity index (χ2n) is 10.0. The van der Waals surface area contributed by atoms with E-state index >= 15 is 0 Å². The van der Waals surface area contributed by atoms with E-state index in [4.69, 9.17) is 15.0 Å². The Morgan fingerprint density at radius 3 is 2.88 bits per heavy atom. The second kappa shape index (κ2) is 8.09. The number of hydrogen-bond acceptors (Lipinski definition) is 6. The van der Waals surface area contributed by atoms with Gasteiger partial charge in [-0.05, 0) is 61.9 Å². The molecule has 2 unspecified atom stereocenters. The zero-order valence-electron chi connectivity index (χ0n) is 18.6. The molecule has 2 atom stereocenters. The highest BCUT2D eigenvalue weighted by Crippen LogP contribution is 2.36. The summed E-state index contributed by atoms with van der Waals surface area (Å²) in [5.41, 5.74) is 8.49. The quantitative estimate of drug-likeness (QED) is 0.638. The maximum Gasteiger partial charge on any atom is 0.180 e. The molecular formula is C26H32N4O2. The number of nitrogens with zero attached hydrogens (tertiary/aromatic N) is 3. The van der Waals surface area contributed by atoms with Crippen LogP contribution in [0, 0.1) is 5.92 Å². The van der Waals surface area contributed by atoms with Crippen molar-refractivity contribution in [1.29, 1.82) is 0 Å². The summed E-state index contributed by atoms with van der Waals surface area (Å²) >= 11 is 0. The van der Waals surface area contributed by atoms with Crippen molar-refractivity contribution in [1.82, 2.24) is 10.1 Å². The summed E-state index contributed by atoms with van der Waals surface area (Å²) in [5.74, 6) is 2.56. The molecule has 2 saturated heterocycles. The van der Waals surface area contributed by atoms with Crippen molar-refractivity contribution < 1.29 is 9.26 Å². The number of nitrogens with two attached hydrogens (primary N) is 1. The molecule has 6 heteroatoms. The number of rotatable bonds is 6. The molecule has 1 saturated carbocycles.